The number of ether oxygens (including phenoxy) is 2. The molecule has 3 aromatic rings. The molecule has 0 atom stereocenters. The summed E-state index contributed by atoms with van der Waals surface area (Å²) < 4.78 is 12.1. The van der Waals surface area contributed by atoms with Crippen LogP contribution in [-0.2, 0) is 17.9 Å². The summed E-state index contributed by atoms with van der Waals surface area (Å²) in [6.07, 6.45) is 0. The van der Waals surface area contributed by atoms with Gasteiger partial charge in [0.05, 0.1) is 13.1 Å². The minimum Gasteiger partial charge on any atom is -0.454 e. The van der Waals surface area contributed by atoms with Gasteiger partial charge in [-0.15, -0.1) is 0 Å². The molecule has 1 fully saturated rings. The van der Waals surface area contributed by atoms with Crippen molar-refractivity contribution in [1.29, 1.82) is 0 Å². The normalized spacial score (nSPS) is 15.5. The van der Waals surface area contributed by atoms with Crippen molar-refractivity contribution in [2.45, 2.75) is 20.0 Å². The van der Waals surface area contributed by atoms with E-state index < -0.39 is 11.2 Å². The first-order chi connectivity index (χ1) is 18.4. The van der Waals surface area contributed by atoms with Crippen molar-refractivity contribution in [3.63, 3.8) is 0 Å². The van der Waals surface area contributed by atoms with Crippen molar-refractivity contribution in [2.24, 2.45) is 0 Å². The molecule has 3 heterocycles. The molecule has 2 aliphatic rings. The predicted octanol–water partition coefficient (Wildman–Crippen LogP) is 1.07. The fourth-order valence-electron chi connectivity index (χ4n) is 4.90. The van der Waals surface area contributed by atoms with Crippen molar-refractivity contribution >= 4 is 17.4 Å². The van der Waals surface area contributed by atoms with E-state index in [1.807, 2.05) is 48.5 Å². The molecule has 1 amide bonds. The molecule has 11 nitrogen and oxygen atoms in total. The summed E-state index contributed by atoms with van der Waals surface area (Å²) in [6.45, 7) is 6.46. The molecule has 11 heteroatoms. The van der Waals surface area contributed by atoms with Crippen LogP contribution in [0.25, 0.3) is 0 Å². The first kappa shape index (κ1) is 25.6. The van der Waals surface area contributed by atoms with E-state index in [0.29, 0.717) is 13.1 Å². The Bertz CT molecular complexity index is 1410. The van der Waals surface area contributed by atoms with Gasteiger partial charge in [0.25, 0.3) is 5.56 Å². The lowest BCUT2D eigenvalue weighted by atomic mass is 10.1. The van der Waals surface area contributed by atoms with E-state index in [9.17, 15) is 14.4 Å². The monoisotopic (exact) mass is 520 g/mol. The molecule has 200 valence electrons. The Morgan fingerprint density at radius 3 is 2.39 bits per heavy atom. The molecule has 0 spiro atoms. The number of piperazine rings is 1. The third kappa shape index (κ3) is 5.43. The van der Waals surface area contributed by atoms with Crippen LogP contribution in [0.3, 0.4) is 0 Å². The van der Waals surface area contributed by atoms with Crippen molar-refractivity contribution in [3.8, 4) is 11.5 Å². The molecule has 0 unspecified atom stereocenters. The number of benzene rings is 2. The highest BCUT2D eigenvalue weighted by atomic mass is 16.7. The second-order valence-corrected chi connectivity index (χ2v) is 9.44. The highest BCUT2D eigenvalue weighted by Crippen LogP contribution is 2.32. The second-order valence-electron chi connectivity index (χ2n) is 9.44. The number of anilines is 2. The quantitative estimate of drug-likeness (QED) is 0.452. The second kappa shape index (κ2) is 11.1. The van der Waals surface area contributed by atoms with Gasteiger partial charge in [-0.1, -0.05) is 36.4 Å². The van der Waals surface area contributed by atoms with Gasteiger partial charge < -0.3 is 20.1 Å². The van der Waals surface area contributed by atoms with E-state index in [4.69, 9.17) is 15.2 Å². The molecule has 0 saturated carbocycles. The molecule has 2 aromatic carbocycles. The van der Waals surface area contributed by atoms with Crippen molar-refractivity contribution < 1.29 is 14.3 Å². The van der Waals surface area contributed by atoms with Gasteiger partial charge in [0.2, 0.25) is 12.7 Å². The average Bonchev–Trinajstić information content (AvgIpc) is 3.38. The van der Waals surface area contributed by atoms with Gasteiger partial charge in [-0.3, -0.25) is 28.9 Å². The number of nitrogen functional groups attached to an aromatic ring is 1. The number of hydrogen-bond acceptors (Lipinski definition) is 8. The first-order valence-electron chi connectivity index (χ1n) is 12.7. The molecule has 0 aliphatic carbocycles. The van der Waals surface area contributed by atoms with Crippen LogP contribution in [0.4, 0.5) is 11.5 Å². The highest BCUT2D eigenvalue weighted by Gasteiger charge is 2.26. The Balaban J connectivity index is 1.23. The molecule has 0 radical (unpaired) electrons. The smallest absolute Gasteiger partial charge is 0.330 e. The lowest BCUT2D eigenvalue weighted by molar-refractivity contribution is -0.120. The molecule has 3 N–H and O–H groups in total. The maximum Gasteiger partial charge on any atom is 0.330 e. The van der Waals surface area contributed by atoms with Gasteiger partial charge in [0, 0.05) is 39.3 Å². The summed E-state index contributed by atoms with van der Waals surface area (Å²) >= 11 is 0. The summed E-state index contributed by atoms with van der Waals surface area (Å²) in [7, 11) is 0. The lowest BCUT2D eigenvalue weighted by Gasteiger charge is -2.35. The molecule has 1 aromatic heterocycles. The number of nitrogens with two attached hydrogens (primary N) is 1. The third-order valence-electron chi connectivity index (χ3n) is 6.95. The number of nitrogens with one attached hydrogen (secondary N) is 1. The van der Waals surface area contributed by atoms with Crippen LogP contribution in [0.5, 0.6) is 11.5 Å². The zero-order valence-electron chi connectivity index (χ0n) is 21.4. The standard InChI is InChI=1S/C27H32N6O5/c1-2-32(24-25(28)33(27(36)29-26(24)35)16-19-6-4-3-5-7-19)23(34)17-31-12-10-30(11-13-31)15-20-8-9-21-22(14-20)38-18-37-21/h3-9,14H,2,10-13,15-18,28H2,1H3,(H,29,35,36). The van der Waals surface area contributed by atoms with Gasteiger partial charge >= 0.3 is 5.69 Å². The molecule has 2 aliphatic heterocycles. The largest absolute Gasteiger partial charge is 0.454 e. The molecule has 38 heavy (non-hydrogen) atoms. The van der Waals surface area contributed by atoms with Crippen LogP contribution >= 0.6 is 0 Å². The van der Waals surface area contributed by atoms with E-state index in [0.717, 1.165) is 42.3 Å². The Kier molecular flexibility index (Phi) is 7.47. The minimum atomic E-state index is -0.666. The number of hydrogen-bond donors (Lipinski definition) is 2. The third-order valence-corrected chi connectivity index (χ3v) is 6.95. The average molecular weight is 521 g/mol. The Hall–Kier alpha value is -4.09. The SMILES string of the molecule is CCN(C(=O)CN1CCN(Cc2ccc3c(c2)OCO3)CC1)c1c(N)n(Cc2ccccc2)c(=O)[nH]c1=O. The minimum absolute atomic E-state index is 0.00877. The zero-order chi connectivity index (χ0) is 26.6. The maximum atomic E-state index is 13.3. The van der Waals surface area contributed by atoms with Crippen LogP contribution in [-0.4, -0.2) is 71.3 Å². The first-order valence-corrected chi connectivity index (χ1v) is 12.7. The lowest BCUT2D eigenvalue weighted by Crippen LogP contribution is -2.50. The van der Waals surface area contributed by atoms with Gasteiger partial charge in [-0.05, 0) is 30.2 Å². The topological polar surface area (TPSA) is 126 Å². The number of nitrogens with zero attached hydrogens (tertiary/aromatic N) is 4. The van der Waals surface area contributed by atoms with Crippen molar-refractivity contribution in [2.75, 3.05) is 56.7 Å². The van der Waals surface area contributed by atoms with E-state index in [2.05, 4.69) is 14.8 Å². The Labute approximate surface area is 220 Å². The summed E-state index contributed by atoms with van der Waals surface area (Å²) in [6, 6.07) is 15.3. The number of carbonyl (C=O) groups excluding carboxylic acids is 1. The van der Waals surface area contributed by atoms with E-state index >= 15 is 0 Å². The summed E-state index contributed by atoms with van der Waals surface area (Å²) in [4.78, 5) is 46.7. The van der Waals surface area contributed by atoms with E-state index in [1.54, 1.807) is 6.92 Å². The fraction of sp³-hybridized carbons (Fsp3) is 0.370. The fourth-order valence-corrected chi connectivity index (χ4v) is 4.90. The van der Waals surface area contributed by atoms with Gasteiger partial charge in [-0.2, -0.15) is 0 Å². The van der Waals surface area contributed by atoms with Crippen LogP contribution in [0.1, 0.15) is 18.1 Å². The van der Waals surface area contributed by atoms with Gasteiger partial charge in [0.15, 0.2) is 17.2 Å². The predicted molar refractivity (Wildman–Crippen MR) is 144 cm³/mol. The van der Waals surface area contributed by atoms with Gasteiger partial charge in [-0.25, -0.2) is 4.79 Å². The number of rotatable bonds is 8. The van der Waals surface area contributed by atoms with Crippen LogP contribution in [0.15, 0.2) is 58.1 Å². The van der Waals surface area contributed by atoms with Crippen LogP contribution < -0.4 is 31.4 Å². The van der Waals surface area contributed by atoms with Crippen molar-refractivity contribution in [1.82, 2.24) is 19.4 Å². The summed E-state index contributed by atoms with van der Waals surface area (Å²) in [5.41, 5.74) is 7.05. The summed E-state index contributed by atoms with van der Waals surface area (Å²) in [5, 5.41) is 0. The van der Waals surface area contributed by atoms with Gasteiger partial charge in [0.1, 0.15) is 5.82 Å². The van der Waals surface area contributed by atoms with E-state index in [-0.39, 0.29) is 43.8 Å². The number of carbonyl (C=O) groups is 1. The molecule has 0 bridgehead atoms. The van der Waals surface area contributed by atoms with Crippen LogP contribution in [0.2, 0.25) is 0 Å². The van der Waals surface area contributed by atoms with Crippen molar-refractivity contribution in [3.05, 3.63) is 80.5 Å². The maximum absolute atomic E-state index is 13.3. The number of aromatic amines is 1. The summed E-state index contributed by atoms with van der Waals surface area (Å²) in [5.74, 6) is 1.29. The van der Waals surface area contributed by atoms with E-state index in [1.165, 1.54) is 9.47 Å². The molecule has 1 saturated heterocycles. The Morgan fingerprint density at radius 1 is 0.947 bits per heavy atom. The Morgan fingerprint density at radius 2 is 1.66 bits per heavy atom. The zero-order valence-corrected chi connectivity index (χ0v) is 21.4. The number of aromatic nitrogens is 2. The molecular weight excluding hydrogens is 488 g/mol. The highest BCUT2D eigenvalue weighted by molar-refractivity contribution is 5.96. The number of amides is 1. The number of H-pyrrole nitrogens is 1. The van der Waals surface area contributed by atoms with Crippen LogP contribution in [0, 0.1) is 0 Å². The molecule has 5 rings (SSSR count). The number of fused-ring (bicyclic) bond motifs is 1. The molecular formula is C27H32N6O5. The number of likely N-dealkylation sites (N-methyl/N-ethyl adjacent to an activating group) is 1.